The molecule has 0 spiro atoms. The first-order chi connectivity index (χ1) is 8.76. The molecule has 0 radical (unpaired) electrons. The van der Waals surface area contributed by atoms with Gasteiger partial charge in [-0.15, -0.1) is 12.3 Å². The van der Waals surface area contributed by atoms with Gasteiger partial charge in [-0.25, -0.2) is 0 Å². The van der Waals surface area contributed by atoms with Gasteiger partial charge in [-0.05, 0) is 37.6 Å². The van der Waals surface area contributed by atoms with Gasteiger partial charge in [-0.1, -0.05) is 24.6 Å². The maximum atomic E-state index is 5.91. The fraction of sp³-hybridized carbons (Fsp3) is 0.467. The van der Waals surface area contributed by atoms with E-state index in [9.17, 15) is 0 Å². The van der Waals surface area contributed by atoms with Crippen LogP contribution in [0.2, 0.25) is 5.02 Å². The van der Waals surface area contributed by atoms with Crippen molar-refractivity contribution in [3.63, 3.8) is 0 Å². The van der Waals surface area contributed by atoms with Crippen LogP contribution in [0, 0.1) is 12.3 Å². The molecule has 0 saturated heterocycles. The summed E-state index contributed by atoms with van der Waals surface area (Å²) in [4.78, 5) is 0. The molecule has 2 nitrogen and oxygen atoms in total. The van der Waals surface area contributed by atoms with E-state index in [0.29, 0.717) is 17.7 Å². The van der Waals surface area contributed by atoms with E-state index in [4.69, 9.17) is 22.8 Å². The van der Waals surface area contributed by atoms with Crippen molar-refractivity contribution < 1.29 is 4.74 Å². The zero-order chi connectivity index (χ0) is 13.2. The van der Waals surface area contributed by atoms with Crippen LogP contribution in [0.5, 0.6) is 5.75 Å². The standard InChI is InChI=1S/C15H20ClNO/c1-3-5-8-14(17-10-4-2)12-18-15-9-6-7-13(16)11-15/h1,6-7,9,11,14,17H,4-5,8,10,12H2,2H3. The summed E-state index contributed by atoms with van der Waals surface area (Å²) < 4.78 is 5.73. The quantitative estimate of drug-likeness (QED) is 0.727. The summed E-state index contributed by atoms with van der Waals surface area (Å²) in [5, 5.41) is 4.12. The van der Waals surface area contributed by atoms with Crippen LogP contribution in [0.25, 0.3) is 0 Å². The van der Waals surface area contributed by atoms with Crippen LogP contribution in [-0.2, 0) is 0 Å². The van der Waals surface area contributed by atoms with E-state index in [1.807, 2.05) is 24.3 Å². The van der Waals surface area contributed by atoms with Gasteiger partial charge in [-0.2, -0.15) is 0 Å². The number of ether oxygens (including phenoxy) is 1. The van der Waals surface area contributed by atoms with Crippen molar-refractivity contribution in [3.8, 4) is 18.1 Å². The molecule has 1 unspecified atom stereocenters. The van der Waals surface area contributed by atoms with Gasteiger partial charge in [-0.3, -0.25) is 0 Å². The fourth-order valence-corrected chi connectivity index (χ4v) is 1.78. The minimum atomic E-state index is 0.292. The molecular weight excluding hydrogens is 246 g/mol. The predicted molar refractivity (Wildman–Crippen MR) is 77.1 cm³/mol. The number of hydrogen-bond donors (Lipinski definition) is 1. The highest BCUT2D eigenvalue weighted by Gasteiger charge is 2.08. The van der Waals surface area contributed by atoms with Crippen LogP contribution < -0.4 is 10.1 Å². The van der Waals surface area contributed by atoms with Crippen molar-refractivity contribution >= 4 is 11.6 Å². The molecule has 0 aromatic heterocycles. The second-order valence-electron chi connectivity index (χ2n) is 4.16. The first-order valence-electron chi connectivity index (χ1n) is 6.31. The monoisotopic (exact) mass is 265 g/mol. The Hall–Kier alpha value is -1.17. The van der Waals surface area contributed by atoms with E-state index < -0.39 is 0 Å². The molecule has 1 aromatic carbocycles. The lowest BCUT2D eigenvalue weighted by molar-refractivity contribution is 0.258. The molecule has 0 fully saturated rings. The van der Waals surface area contributed by atoms with Crippen LogP contribution in [0.15, 0.2) is 24.3 Å². The Labute approximate surface area is 115 Å². The molecule has 0 aliphatic rings. The molecule has 0 amide bonds. The molecule has 98 valence electrons. The summed E-state index contributed by atoms with van der Waals surface area (Å²) in [6.45, 7) is 3.74. The average Bonchev–Trinajstić information content (AvgIpc) is 2.38. The SMILES string of the molecule is C#CCCC(COc1cccc(Cl)c1)NCCC. The number of nitrogens with one attached hydrogen (secondary N) is 1. The highest BCUT2D eigenvalue weighted by atomic mass is 35.5. The van der Waals surface area contributed by atoms with Gasteiger partial charge in [0, 0.05) is 17.5 Å². The van der Waals surface area contributed by atoms with Gasteiger partial charge in [0.25, 0.3) is 0 Å². The largest absolute Gasteiger partial charge is 0.492 e. The van der Waals surface area contributed by atoms with Crippen LogP contribution in [0.3, 0.4) is 0 Å². The first-order valence-corrected chi connectivity index (χ1v) is 6.69. The van der Waals surface area contributed by atoms with Crippen molar-refractivity contribution in [2.24, 2.45) is 0 Å². The molecule has 1 aromatic rings. The highest BCUT2D eigenvalue weighted by Crippen LogP contribution is 2.17. The molecule has 0 saturated carbocycles. The summed E-state index contributed by atoms with van der Waals surface area (Å²) in [7, 11) is 0. The van der Waals surface area contributed by atoms with E-state index >= 15 is 0 Å². The van der Waals surface area contributed by atoms with E-state index in [1.54, 1.807) is 0 Å². The van der Waals surface area contributed by atoms with Gasteiger partial charge in [0.15, 0.2) is 0 Å². The molecular formula is C15H20ClNO. The average molecular weight is 266 g/mol. The molecule has 3 heteroatoms. The molecule has 1 rings (SSSR count). The molecule has 0 aliphatic heterocycles. The maximum Gasteiger partial charge on any atom is 0.120 e. The normalized spacial score (nSPS) is 11.8. The summed E-state index contributed by atoms with van der Waals surface area (Å²) in [5.41, 5.74) is 0. The van der Waals surface area contributed by atoms with Crippen molar-refractivity contribution in [1.82, 2.24) is 5.32 Å². The molecule has 0 bridgehead atoms. The minimum absolute atomic E-state index is 0.292. The van der Waals surface area contributed by atoms with Crippen molar-refractivity contribution in [2.45, 2.75) is 32.2 Å². The number of benzene rings is 1. The lowest BCUT2D eigenvalue weighted by atomic mass is 10.1. The summed E-state index contributed by atoms with van der Waals surface area (Å²) >= 11 is 5.91. The van der Waals surface area contributed by atoms with Gasteiger partial charge in [0.1, 0.15) is 12.4 Å². The number of halogens is 1. The first kappa shape index (κ1) is 14.9. The maximum absolute atomic E-state index is 5.91. The predicted octanol–water partition coefficient (Wildman–Crippen LogP) is 3.50. The van der Waals surface area contributed by atoms with Gasteiger partial charge in [0.2, 0.25) is 0 Å². The fourth-order valence-electron chi connectivity index (χ4n) is 1.60. The van der Waals surface area contributed by atoms with E-state index in [-0.39, 0.29) is 0 Å². The Morgan fingerprint density at radius 3 is 3.00 bits per heavy atom. The number of rotatable bonds is 8. The minimum Gasteiger partial charge on any atom is -0.492 e. The van der Waals surface area contributed by atoms with Gasteiger partial charge < -0.3 is 10.1 Å². The Balaban J connectivity index is 2.42. The molecule has 1 N–H and O–H groups in total. The van der Waals surface area contributed by atoms with E-state index in [1.165, 1.54) is 0 Å². The number of hydrogen-bond acceptors (Lipinski definition) is 2. The molecule has 1 atom stereocenters. The molecule has 18 heavy (non-hydrogen) atoms. The van der Waals surface area contributed by atoms with Crippen LogP contribution in [-0.4, -0.2) is 19.2 Å². The Morgan fingerprint density at radius 1 is 1.50 bits per heavy atom. The van der Waals surface area contributed by atoms with Crippen molar-refractivity contribution in [2.75, 3.05) is 13.2 Å². The smallest absolute Gasteiger partial charge is 0.120 e. The Kier molecular flexibility index (Phi) is 7.32. The van der Waals surface area contributed by atoms with Crippen molar-refractivity contribution in [1.29, 1.82) is 0 Å². The summed E-state index contributed by atoms with van der Waals surface area (Å²) in [5.74, 6) is 3.46. The van der Waals surface area contributed by atoms with Crippen LogP contribution in [0.1, 0.15) is 26.2 Å². The third kappa shape index (κ3) is 5.95. The van der Waals surface area contributed by atoms with E-state index in [0.717, 1.165) is 31.6 Å². The third-order valence-corrected chi connectivity index (χ3v) is 2.80. The second kappa shape index (κ2) is 8.85. The zero-order valence-electron chi connectivity index (χ0n) is 10.8. The van der Waals surface area contributed by atoms with E-state index in [2.05, 4.69) is 18.2 Å². The van der Waals surface area contributed by atoms with Gasteiger partial charge in [0.05, 0.1) is 0 Å². The molecule has 0 aliphatic carbocycles. The third-order valence-electron chi connectivity index (χ3n) is 2.57. The summed E-state index contributed by atoms with van der Waals surface area (Å²) in [6, 6.07) is 7.73. The van der Waals surface area contributed by atoms with Crippen molar-refractivity contribution in [3.05, 3.63) is 29.3 Å². The zero-order valence-corrected chi connectivity index (χ0v) is 11.5. The highest BCUT2D eigenvalue weighted by molar-refractivity contribution is 6.30. The second-order valence-corrected chi connectivity index (χ2v) is 4.60. The van der Waals surface area contributed by atoms with Crippen LogP contribution >= 0.6 is 11.6 Å². The Bertz CT molecular complexity index is 386. The number of terminal acetylenes is 1. The van der Waals surface area contributed by atoms with Gasteiger partial charge >= 0.3 is 0 Å². The van der Waals surface area contributed by atoms with Crippen LogP contribution in [0.4, 0.5) is 0 Å². The summed E-state index contributed by atoms with van der Waals surface area (Å²) in [6.07, 6.45) is 8.09. The molecule has 0 heterocycles. The lowest BCUT2D eigenvalue weighted by Crippen LogP contribution is -2.35. The topological polar surface area (TPSA) is 21.3 Å². The Morgan fingerprint density at radius 2 is 2.33 bits per heavy atom. The lowest BCUT2D eigenvalue weighted by Gasteiger charge is -2.18.